The minimum absolute atomic E-state index is 0.853. The van der Waals surface area contributed by atoms with Crippen molar-refractivity contribution in [2.75, 3.05) is 43.1 Å². The Bertz CT molecular complexity index is 927. The van der Waals surface area contributed by atoms with Crippen LogP contribution in [0.4, 0.5) is 11.5 Å². The van der Waals surface area contributed by atoms with Gasteiger partial charge >= 0.3 is 0 Å². The lowest BCUT2D eigenvalue weighted by Crippen LogP contribution is -2.47. The fraction of sp³-hybridized carbons (Fsp3) is 0.400. The summed E-state index contributed by atoms with van der Waals surface area (Å²) < 4.78 is 5.26. The summed E-state index contributed by atoms with van der Waals surface area (Å²) >= 11 is 1.77. The second-order valence-corrected chi connectivity index (χ2v) is 7.93. The van der Waals surface area contributed by atoms with E-state index in [9.17, 15) is 0 Å². The molecule has 0 saturated carbocycles. The highest BCUT2D eigenvalue weighted by Crippen LogP contribution is 2.35. The molecular formula is C20H24N4OS. The molecule has 3 heterocycles. The van der Waals surface area contributed by atoms with Crippen LogP contribution in [0.3, 0.4) is 0 Å². The highest BCUT2D eigenvalue weighted by Gasteiger charge is 2.23. The summed E-state index contributed by atoms with van der Waals surface area (Å²) in [6.45, 7) is 10.2. The quantitative estimate of drug-likeness (QED) is 0.700. The Morgan fingerprint density at radius 3 is 2.23 bits per heavy atom. The second kappa shape index (κ2) is 6.76. The van der Waals surface area contributed by atoms with Gasteiger partial charge in [0, 0.05) is 36.7 Å². The van der Waals surface area contributed by atoms with Gasteiger partial charge in [0.15, 0.2) is 0 Å². The fourth-order valence-electron chi connectivity index (χ4n) is 3.53. The molecule has 0 radical (unpaired) electrons. The zero-order chi connectivity index (χ0) is 18.3. The topological polar surface area (TPSA) is 41.5 Å². The van der Waals surface area contributed by atoms with Crippen LogP contribution in [-0.2, 0) is 0 Å². The number of nitrogens with zero attached hydrogens (tertiary/aromatic N) is 4. The number of hydrogen-bond acceptors (Lipinski definition) is 6. The smallest absolute Gasteiger partial charge is 0.141 e. The number of hydrogen-bond donors (Lipinski definition) is 0. The summed E-state index contributed by atoms with van der Waals surface area (Å²) in [5.74, 6) is 2.85. The van der Waals surface area contributed by atoms with Gasteiger partial charge in [0.05, 0.1) is 12.5 Å². The minimum atomic E-state index is 0.853. The van der Waals surface area contributed by atoms with Gasteiger partial charge in [0.1, 0.15) is 22.2 Å². The maximum Gasteiger partial charge on any atom is 0.141 e. The van der Waals surface area contributed by atoms with Gasteiger partial charge in [-0.05, 0) is 50.6 Å². The highest BCUT2D eigenvalue weighted by atomic mass is 32.1. The van der Waals surface area contributed by atoms with E-state index in [0.29, 0.717) is 0 Å². The van der Waals surface area contributed by atoms with Crippen molar-refractivity contribution in [1.29, 1.82) is 0 Å². The SMILES string of the molecule is COc1ccc(N2CCN(c3nc(C)nc4sc(C)c(C)c34)CC2)cc1. The summed E-state index contributed by atoms with van der Waals surface area (Å²) in [7, 11) is 1.70. The van der Waals surface area contributed by atoms with Gasteiger partial charge in [-0.25, -0.2) is 9.97 Å². The van der Waals surface area contributed by atoms with E-state index in [2.05, 4.69) is 40.8 Å². The molecular weight excluding hydrogens is 344 g/mol. The fourth-order valence-corrected chi connectivity index (χ4v) is 4.60. The molecule has 0 unspecified atom stereocenters. The van der Waals surface area contributed by atoms with Gasteiger partial charge in [0.2, 0.25) is 0 Å². The standard InChI is InChI=1S/C20H24N4OS/c1-13-14(2)26-20-18(13)19(21-15(3)22-20)24-11-9-23(10-12-24)16-5-7-17(25-4)8-6-16/h5-8H,9-12H2,1-4H3. The number of aromatic nitrogens is 2. The summed E-state index contributed by atoms with van der Waals surface area (Å²) in [6.07, 6.45) is 0. The van der Waals surface area contributed by atoms with Crippen LogP contribution >= 0.6 is 11.3 Å². The van der Waals surface area contributed by atoms with Crippen molar-refractivity contribution in [2.24, 2.45) is 0 Å². The number of benzene rings is 1. The Hall–Kier alpha value is -2.34. The molecule has 0 spiro atoms. The largest absolute Gasteiger partial charge is 0.497 e. The van der Waals surface area contributed by atoms with Gasteiger partial charge in [-0.2, -0.15) is 0 Å². The molecule has 3 aromatic rings. The predicted molar refractivity (Wildman–Crippen MR) is 109 cm³/mol. The molecule has 0 atom stereocenters. The summed E-state index contributed by atoms with van der Waals surface area (Å²) in [4.78, 5) is 16.7. The van der Waals surface area contributed by atoms with Gasteiger partial charge in [0.25, 0.3) is 0 Å². The van der Waals surface area contributed by atoms with Crippen molar-refractivity contribution in [2.45, 2.75) is 20.8 Å². The van der Waals surface area contributed by atoms with E-state index >= 15 is 0 Å². The Morgan fingerprint density at radius 1 is 0.923 bits per heavy atom. The maximum atomic E-state index is 5.26. The summed E-state index contributed by atoms with van der Waals surface area (Å²) in [6, 6.07) is 8.31. The zero-order valence-corrected chi connectivity index (χ0v) is 16.6. The van der Waals surface area contributed by atoms with Crippen molar-refractivity contribution >= 4 is 33.1 Å². The normalized spacial score (nSPS) is 14.9. The first-order valence-corrected chi connectivity index (χ1v) is 9.77. The Morgan fingerprint density at radius 2 is 1.58 bits per heavy atom. The number of anilines is 2. The third-order valence-electron chi connectivity index (χ3n) is 5.14. The molecule has 0 bridgehead atoms. The number of ether oxygens (including phenoxy) is 1. The van der Waals surface area contributed by atoms with Crippen molar-refractivity contribution in [3.8, 4) is 5.75 Å². The predicted octanol–water partition coefficient (Wildman–Crippen LogP) is 3.95. The number of rotatable bonds is 3. The minimum Gasteiger partial charge on any atom is -0.497 e. The molecule has 26 heavy (non-hydrogen) atoms. The van der Waals surface area contributed by atoms with Crippen molar-refractivity contribution in [3.63, 3.8) is 0 Å². The zero-order valence-electron chi connectivity index (χ0n) is 15.7. The van der Waals surface area contributed by atoms with Crippen molar-refractivity contribution in [1.82, 2.24) is 9.97 Å². The van der Waals surface area contributed by atoms with E-state index in [-0.39, 0.29) is 0 Å². The molecule has 0 aliphatic carbocycles. The molecule has 6 heteroatoms. The van der Waals surface area contributed by atoms with E-state index in [0.717, 1.165) is 48.4 Å². The van der Waals surface area contributed by atoms with Crippen LogP contribution in [-0.4, -0.2) is 43.3 Å². The Labute approximate surface area is 158 Å². The van der Waals surface area contributed by atoms with Crippen molar-refractivity contribution in [3.05, 3.63) is 40.5 Å². The maximum absolute atomic E-state index is 5.26. The van der Waals surface area contributed by atoms with E-state index in [1.165, 1.54) is 21.5 Å². The van der Waals surface area contributed by atoms with Crippen LogP contribution in [0.2, 0.25) is 0 Å². The van der Waals surface area contributed by atoms with Crippen LogP contribution in [0.1, 0.15) is 16.3 Å². The first-order valence-electron chi connectivity index (χ1n) is 8.95. The first kappa shape index (κ1) is 17.1. The molecule has 0 N–H and O–H groups in total. The molecule has 1 saturated heterocycles. The van der Waals surface area contributed by atoms with E-state index in [1.807, 2.05) is 19.1 Å². The third kappa shape index (κ3) is 2.98. The van der Waals surface area contributed by atoms with Crippen LogP contribution in [0, 0.1) is 20.8 Å². The van der Waals surface area contributed by atoms with Crippen LogP contribution in [0.25, 0.3) is 10.2 Å². The Kier molecular flexibility index (Phi) is 4.44. The lowest BCUT2D eigenvalue weighted by molar-refractivity contribution is 0.415. The highest BCUT2D eigenvalue weighted by molar-refractivity contribution is 7.18. The number of thiophene rings is 1. The number of aryl methyl sites for hydroxylation is 3. The molecule has 5 nitrogen and oxygen atoms in total. The van der Waals surface area contributed by atoms with Crippen LogP contribution in [0.15, 0.2) is 24.3 Å². The summed E-state index contributed by atoms with van der Waals surface area (Å²) in [5, 5.41) is 1.23. The summed E-state index contributed by atoms with van der Waals surface area (Å²) in [5.41, 5.74) is 2.56. The molecule has 136 valence electrons. The lowest BCUT2D eigenvalue weighted by atomic mass is 10.2. The van der Waals surface area contributed by atoms with Crippen LogP contribution in [0.5, 0.6) is 5.75 Å². The monoisotopic (exact) mass is 368 g/mol. The third-order valence-corrected chi connectivity index (χ3v) is 6.24. The molecule has 1 aromatic carbocycles. The average molecular weight is 369 g/mol. The molecule has 1 aliphatic heterocycles. The van der Waals surface area contributed by atoms with Gasteiger partial charge < -0.3 is 14.5 Å². The van der Waals surface area contributed by atoms with E-state index < -0.39 is 0 Å². The Balaban J connectivity index is 1.57. The lowest BCUT2D eigenvalue weighted by Gasteiger charge is -2.37. The molecule has 0 amide bonds. The second-order valence-electron chi connectivity index (χ2n) is 6.73. The molecule has 2 aromatic heterocycles. The molecule has 1 aliphatic rings. The number of fused-ring (bicyclic) bond motifs is 1. The molecule has 1 fully saturated rings. The number of piperazine rings is 1. The van der Waals surface area contributed by atoms with Crippen molar-refractivity contribution < 1.29 is 4.74 Å². The van der Waals surface area contributed by atoms with Gasteiger partial charge in [-0.15, -0.1) is 11.3 Å². The van der Waals surface area contributed by atoms with Crippen LogP contribution < -0.4 is 14.5 Å². The first-order chi connectivity index (χ1) is 12.6. The van der Waals surface area contributed by atoms with Gasteiger partial charge in [-0.1, -0.05) is 0 Å². The van der Waals surface area contributed by atoms with E-state index in [4.69, 9.17) is 9.72 Å². The number of methoxy groups -OCH3 is 1. The average Bonchev–Trinajstić information content (AvgIpc) is 2.95. The molecule has 4 rings (SSSR count). The van der Waals surface area contributed by atoms with E-state index in [1.54, 1.807) is 18.4 Å². The van der Waals surface area contributed by atoms with Gasteiger partial charge in [-0.3, -0.25) is 0 Å².